The van der Waals surface area contributed by atoms with Crippen LogP contribution in [0.3, 0.4) is 0 Å². The molecule has 0 saturated heterocycles. The van der Waals surface area contributed by atoms with Crippen LogP contribution in [0.15, 0.2) is 73.3 Å². The third kappa shape index (κ3) is 4.26. The number of thioether (sulfide) groups is 1. The standard InChI is InChI=1S/C20H22O2S/c1-3-15-20(19(21)22-4-2,18-13-9-6-10-14-18)23-16-17-11-7-5-8-12-17/h3,5-14H,1,4,15-16H2,2H3. The van der Waals surface area contributed by atoms with E-state index in [0.717, 1.165) is 11.3 Å². The molecule has 0 aliphatic rings. The fraction of sp³-hybridized carbons (Fsp3) is 0.250. The Balaban J connectivity index is 2.35. The summed E-state index contributed by atoms with van der Waals surface area (Å²) in [6.07, 6.45) is 2.33. The summed E-state index contributed by atoms with van der Waals surface area (Å²) in [7, 11) is 0. The average Bonchev–Trinajstić information content (AvgIpc) is 2.60. The van der Waals surface area contributed by atoms with Crippen molar-refractivity contribution in [3.05, 3.63) is 84.4 Å². The molecule has 2 aromatic rings. The fourth-order valence-corrected chi connectivity index (χ4v) is 3.78. The molecule has 0 aromatic heterocycles. The molecule has 2 nitrogen and oxygen atoms in total. The Kier molecular flexibility index (Phi) is 6.48. The number of hydrogen-bond donors (Lipinski definition) is 0. The highest BCUT2D eigenvalue weighted by Crippen LogP contribution is 2.43. The lowest BCUT2D eigenvalue weighted by Crippen LogP contribution is -2.34. The molecule has 2 rings (SSSR count). The number of ether oxygens (including phenoxy) is 1. The van der Waals surface area contributed by atoms with Crippen molar-refractivity contribution in [3.8, 4) is 0 Å². The van der Waals surface area contributed by atoms with Crippen LogP contribution in [-0.2, 0) is 20.0 Å². The number of carbonyl (C=O) groups is 1. The van der Waals surface area contributed by atoms with Gasteiger partial charge in [0.05, 0.1) is 6.61 Å². The van der Waals surface area contributed by atoms with Gasteiger partial charge < -0.3 is 4.74 Å². The number of allylic oxidation sites excluding steroid dienone is 1. The maximum Gasteiger partial charge on any atom is 0.327 e. The Morgan fingerprint density at radius 1 is 1.13 bits per heavy atom. The van der Waals surface area contributed by atoms with E-state index in [9.17, 15) is 4.79 Å². The minimum absolute atomic E-state index is 0.202. The van der Waals surface area contributed by atoms with E-state index in [4.69, 9.17) is 4.74 Å². The summed E-state index contributed by atoms with van der Waals surface area (Å²) < 4.78 is 4.64. The molecule has 0 bridgehead atoms. The molecular formula is C20H22O2S. The summed E-state index contributed by atoms with van der Waals surface area (Å²) in [5.74, 6) is 0.537. The molecule has 0 spiro atoms. The lowest BCUT2D eigenvalue weighted by atomic mass is 9.94. The van der Waals surface area contributed by atoms with Crippen molar-refractivity contribution in [2.45, 2.75) is 23.8 Å². The number of benzene rings is 2. The van der Waals surface area contributed by atoms with E-state index in [1.807, 2.05) is 55.5 Å². The van der Waals surface area contributed by atoms with Gasteiger partial charge in [-0.05, 0) is 24.5 Å². The summed E-state index contributed by atoms with van der Waals surface area (Å²) >= 11 is 1.60. The van der Waals surface area contributed by atoms with Crippen LogP contribution in [0.25, 0.3) is 0 Å². The predicted octanol–water partition coefficient (Wildman–Crippen LogP) is 4.95. The molecule has 0 N–H and O–H groups in total. The molecule has 1 unspecified atom stereocenters. The quantitative estimate of drug-likeness (QED) is 0.507. The monoisotopic (exact) mass is 326 g/mol. The van der Waals surface area contributed by atoms with Gasteiger partial charge in [0.1, 0.15) is 4.75 Å². The van der Waals surface area contributed by atoms with Gasteiger partial charge in [0.25, 0.3) is 0 Å². The number of esters is 1. The van der Waals surface area contributed by atoms with Gasteiger partial charge in [-0.2, -0.15) is 0 Å². The van der Waals surface area contributed by atoms with Gasteiger partial charge in [-0.3, -0.25) is 4.79 Å². The van der Waals surface area contributed by atoms with Crippen LogP contribution in [0.4, 0.5) is 0 Å². The first-order valence-corrected chi connectivity index (χ1v) is 8.73. The Morgan fingerprint density at radius 2 is 1.74 bits per heavy atom. The smallest absolute Gasteiger partial charge is 0.327 e. The molecule has 2 aromatic carbocycles. The third-order valence-electron chi connectivity index (χ3n) is 3.61. The van der Waals surface area contributed by atoms with E-state index >= 15 is 0 Å². The van der Waals surface area contributed by atoms with Gasteiger partial charge in [0, 0.05) is 5.75 Å². The van der Waals surface area contributed by atoms with Crippen molar-refractivity contribution in [2.75, 3.05) is 6.61 Å². The van der Waals surface area contributed by atoms with Crippen molar-refractivity contribution < 1.29 is 9.53 Å². The second-order valence-corrected chi connectivity index (χ2v) is 6.45. The van der Waals surface area contributed by atoms with Crippen LogP contribution in [0.2, 0.25) is 0 Å². The Hall–Kier alpha value is -2.00. The highest BCUT2D eigenvalue weighted by Gasteiger charge is 2.41. The summed E-state index contributed by atoms with van der Waals surface area (Å²) in [4.78, 5) is 12.8. The van der Waals surface area contributed by atoms with Crippen LogP contribution in [0.1, 0.15) is 24.5 Å². The first-order chi connectivity index (χ1) is 11.2. The maximum atomic E-state index is 12.8. The van der Waals surface area contributed by atoms with Crippen LogP contribution in [0.5, 0.6) is 0 Å². The SMILES string of the molecule is C=CCC(SCc1ccccc1)(C(=O)OCC)c1ccccc1. The molecular weight excluding hydrogens is 304 g/mol. The van der Waals surface area contributed by atoms with Crippen molar-refractivity contribution in [2.24, 2.45) is 0 Å². The van der Waals surface area contributed by atoms with Crippen molar-refractivity contribution in [1.29, 1.82) is 0 Å². The molecule has 0 fully saturated rings. The lowest BCUT2D eigenvalue weighted by molar-refractivity contribution is -0.146. The normalized spacial score (nSPS) is 13.1. The zero-order chi connectivity index (χ0) is 16.5. The number of rotatable bonds is 8. The molecule has 0 saturated carbocycles. The predicted molar refractivity (Wildman–Crippen MR) is 97.3 cm³/mol. The first-order valence-electron chi connectivity index (χ1n) is 7.74. The summed E-state index contributed by atoms with van der Waals surface area (Å²) in [6, 6.07) is 20.0. The average molecular weight is 326 g/mol. The number of carbonyl (C=O) groups excluding carboxylic acids is 1. The van der Waals surface area contributed by atoms with Gasteiger partial charge in [-0.15, -0.1) is 18.3 Å². The zero-order valence-corrected chi connectivity index (χ0v) is 14.2. The molecule has 1 atom stereocenters. The van der Waals surface area contributed by atoms with Crippen LogP contribution in [0, 0.1) is 0 Å². The Morgan fingerprint density at radius 3 is 2.30 bits per heavy atom. The fourth-order valence-electron chi connectivity index (χ4n) is 2.46. The molecule has 0 aliphatic heterocycles. The summed E-state index contributed by atoms with van der Waals surface area (Å²) in [5.41, 5.74) is 2.14. The minimum atomic E-state index is -0.755. The van der Waals surface area contributed by atoms with Gasteiger partial charge in [-0.25, -0.2) is 0 Å². The lowest BCUT2D eigenvalue weighted by Gasteiger charge is -2.30. The van der Waals surface area contributed by atoms with Crippen molar-refractivity contribution in [1.82, 2.24) is 0 Å². The minimum Gasteiger partial charge on any atom is -0.465 e. The van der Waals surface area contributed by atoms with E-state index < -0.39 is 4.75 Å². The molecule has 0 heterocycles. The van der Waals surface area contributed by atoms with Gasteiger partial charge in [0.2, 0.25) is 0 Å². The largest absolute Gasteiger partial charge is 0.465 e. The molecule has 0 amide bonds. The summed E-state index contributed by atoms with van der Waals surface area (Å²) in [5, 5.41) is 0. The summed E-state index contributed by atoms with van der Waals surface area (Å²) in [6.45, 7) is 6.06. The highest BCUT2D eigenvalue weighted by molar-refractivity contribution is 8.00. The van der Waals surface area contributed by atoms with E-state index in [2.05, 4.69) is 18.7 Å². The molecule has 0 radical (unpaired) electrons. The number of hydrogen-bond acceptors (Lipinski definition) is 3. The topological polar surface area (TPSA) is 26.3 Å². The second kappa shape index (κ2) is 8.59. The van der Waals surface area contributed by atoms with Crippen LogP contribution >= 0.6 is 11.8 Å². The third-order valence-corrected chi connectivity index (χ3v) is 5.14. The van der Waals surface area contributed by atoms with Crippen molar-refractivity contribution >= 4 is 17.7 Å². The zero-order valence-electron chi connectivity index (χ0n) is 13.4. The Bertz CT molecular complexity index is 625. The highest BCUT2D eigenvalue weighted by atomic mass is 32.2. The van der Waals surface area contributed by atoms with Crippen LogP contribution < -0.4 is 0 Å². The second-order valence-electron chi connectivity index (χ2n) is 5.18. The van der Waals surface area contributed by atoms with E-state index in [-0.39, 0.29) is 5.97 Å². The van der Waals surface area contributed by atoms with E-state index in [1.165, 1.54) is 5.56 Å². The van der Waals surface area contributed by atoms with Gasteiger partial charge in [0.15, 0.2) is 0 Å². The maximum absolute atomic E-state index is 12.8. The molecule has 0 aliphatic carbocycles. The van der Waals surface area contributed by atoms with Crippen LogP contribution in [-0.4, -0.2) is 12.6 Å². The van der Waals surface area contributed by atoms with Gasteiger partial charge >= 0.3 is 5.97 Å². The van der Waals surface area contributed by atoms with Crippen molar-refractivity contribution in [3.63, 3.8) is 0 Å². The molecule has 3 heteroatoms. The Labute approximate surface area is 142 Å². The molecule has 120 valence electrons. The van der Waals surface area contributed by atoms with E-state index in [0.29, 0.717) is 13.0 Å². The van der Waals surface area contributed by atoms with Gasteiger partial charge in [-0.1, -0.05) is 66.7 Å². The van der Waals surface area contributed by atoms with E-state index in [1.54, 1.807) is 17.8 Å². The first kappa shape index (κ1) is 17.4. The molecule has 23 heavy (non-hydrogen) atoms.